The summed E-state index contributed by atoms with van der Waals surface area (Å²) in [4.78, 5) is 24.3. The van der Waals surface area contributed by atoms with Gasteiger partial charge in [0, 0.05) is 25.1 Å². The third-order valence-corrected chi connectivity index (χ3v) is 4.26. The molecule has 24 heavy (non-hydrogen) atoms. The van der Waals surface area contributed by atoms with E-state index in [9.17, 15) is 14.9 Å². The van der Waals surface area contributed by atoms with Gasteiger partial charge in [0.2, 0.25) is 5.91 Å². The van der Waals surface area contributed by atoms with Crippen LogP contribution in [-0.4, -0.2) is 21.8 Å². The Kier molecular flexibility index (Phi) is 4.20. The van der Waals surface area contributed by atoms with Crippen LogP contribution in [0.1, 0.15) is 19.4 Å². The van der Waals surface area contributed by atoms with Gasteiger partial charge in [-0.2, -0.15) is 0 Å². The zero-order chi connectivity index (χ0) is 17.3. The van der Waals surface area contributed by atoms with E-state index in [1.807, 2.05) is 37.3 Å². The van der Waals surface area contributed by atoms with Crippen molar-refractivity contribution < 1.29 is 14.5 Å². The van der Waals surface area contributed by atoms with Crippen molar-refractivity contribution >= 4 is 5.91 Å². The van der Waals surface area contributed by atoms with E-state index in [-0.39, 0.29) is 23.6 Å². The molecule has 0 bridgehead atoms. The highest BCUT2D eigenvalue weighted by atomic mass is 16.6. The van der Waals surface area contributed by atoms with Crippen LogP contribution in [0, 0.1) is 16.0 Å². The van der Waals surface area contributed by atoms with Gasteiger partial charge in [-0.05, 0) is 18.1 Å². The number of hydrogen-bond donors (Lipinski definition) is 0. The molecule has 3 rings (SSSR count). The van der Waals surface area contributed by atoms with Crippen molar-refractivity contribution in [3.05, 3.63) is 81.4 Å². The van der Waals surface area contributed by atoms with Crippen LogP contribution in [0.3, 0.4) is 0 Å². The maximum atomic E-state index is 11.9. The predicted octanol–water partition coefficient (Wildman–Crippen LogP) is 3.01. The number of allylic oxidation sites excluding steroid dienone is 1. The minimum absolute atomic E-state index is 0.00235. The van der Waals surface area contributed by atoms with Crippen molar-refractivity contribution in [2.75, 3.05) is 0 Å². The summed E-state index contributed by atoms with van der Waals surface area (Å²) in [5.41, 5.74) is 1.87. The fourth-order valence-electron chi connectivity index (χ4n) is 3.08. The Morgan fingerprint density at radius 3 is 2.67 bits per heavy atom. The molecule has 0 spiro atoms. The minimum Gasteiger partial charge on any atom is -0.491 e. The minimum atomic E-state index is -0.425. The van der Waals surface area contributed by atoms with E-state index in [0.29, 0.717) is 12.4 Å². The van der Waals surface area contributed by atoms with Crippen LogP contribution in [0.2, 0.25) is 0 Å². The highest BCUT2D eigenvalue weighted by molar-refractivity contribution is 5.76. The Labute approximate surface area is 139 Å². The van der Waals surface area contributed by atoms with Crippen molar-refractivity contribution in [3.8, 4) is 0 Å². The molecule has 0 radical (unpaired) electrons. The molecule has 2 atom stereocenters. The van der Waals surface area contributed by atoms with Gasteiger partial charge in [0.25, 0.3) is 5.70 Å². The molecular weight excluding hydrogens is 308 g/mol. The SMILES string of the molecule is CC(=O)N1C=C(C)[C@@H]2C=C([N+](=O)[O-])C=C(OCc3ccccc3)[C@@H]21. The second kappa shape index (κ2) is 6.31. The molecule has 1 aliphatic heterocycles. The van der Waals surface area contributed by atoms with E-state index < -0.39 is 4.92 Å². The zero-order valence-corrected chi connectivity index (χ0v) is 13.5. The molecule has 1 aromatic rings. The van der Waals surface area contributed by atoms with Gasteiger partial charge in [-0.3, -0.25) is 14.9 Å². The molecule has 0 unspecified atom stereocenters. The van der Waals surface area contributed by atoms with Gasteiger partial charge in [-0.1, -0.05) is 30.3 Å². The number of hydrogen-bond acceptors (Lipinski definition) is 4. The summed E-state index contributed by atoms with van der Waals surface area (Å²) >= 11 is 0. The summed E-state index contributed by atoms with van der Waals surface area (Å²) in [6.07, 6.45) is 4.76. The van der Waals surface area contributed by atoms with Crippen LogP contribution in [0.25, 0.3) is 0 Å². The first-order chi connectivity index (χ1) is 11.5. The molecule has 0 aromatic heterocycles. The van der Waals surface area contributed by atoms with E-state index in [1.54, 1.807) is 17.2 Å². The topological polar surface area (TPSA) is 72.7 Å². The molecule has 2 aliphatic rings. The lowest BCUT2D eigenvalue weighted by atomic mass is 9.89. The Bertz CT molecular complexity index is 764. The highest BCUT2D eigenvalue weighted by Crippen LogP contribution is 2.38. The number of nitrogens with zero attached hydrogens (tertiary/aromatic N) is 2. The predicted molar refractivity (Wildman–Crippen MR) is 87.9 cm³/mol. The second-order valence-electron chi connectivity index (χ2n) is 5.94. The number of fused-ring (bicyclic) bond motifs is 1. The van der Waals surface area contributed by atoms with Crippen LogP contribution in [0.15, 0.2) is 65.7 Å². The van der Waals surface area contributed by atoms with Crippen molar-refractivity contribution in [1.29, 1.82) is 0 Å². The number of rotatable bonds is 4. The maximum absolute atomic E-state index is 11.9. The summed E-state index contributed by atoms with van der Waals surface area (Å²) in [5.74, 6) is 0.0976. The van der Waals surface area contributed by atoms with E-state index in [2.05, 4.69) is 0 Å². The third kappa shape index (κ3) is 2.95. The molecule has 6 heteroatoms. The largest absolute Gasteiger partial charge is 0.491 e. The van der Waals surface area contributed by atoms with Crippen molar-refractivity contribution in [2.45, 2.75) is 26.5 Å². The molecule has 1 aliphatic carbocycles. The van der Waals surface area contributed by atoms with Gasteiger partial charge in [0.15, 0.2) is 0 Å². The van der Waals surface area contributed by atoms with E-state index in [4.69, 9.17) is 4.74 Å². The Morgan fingerprint density at radius 2 is 2.04 bits per heavy atom. The van der Waals surface area contributed by atoms with Gasteiger partial charge in [-0.15, -0.1) is 0 Å². The summed E-state index contributed by atoms with van der Waals surface area (Å²) in [5, 5.41) is 11.2. The van der Waals surface area contributed by atoms with Crippen LogP contribution < -0.4 is 0 Å². The Hall–Kier alpha value is -2.89. The summed E-state index contributed by atoms with van der Waals surface area (Å²) < 4.78 is 5.88. The van der Waals surface area contributed by atoms with Crippen LogP contribution in [0.4, 0.5) is 0 Å². The number of nitro groups is 1. The number of carbonyl (C=O) groups is 1. The number of carbonyl (C=O) groups excluding carboxylic acids is 1. The summed E-state index contributed by atoms with van der Waals surface area (Å²) in [6, 6.07) is 9.21. The number of ether oxygens (including phenoxy) is 1. The molecule has 0 fully saturated rings. The lowest BCUT2D eigenvalue weighted by Crippen LogP contribution is -2.39. The summed E-state index contributed by atoms with van der Waals surface area (Å²) in [6.45, 7) is 3.65. The van der Waals surface area contributed by atoms with Crippen molar-refractivity contribution in [3.63, 3.8) is 0 Å². The molecule has 1 amide bonds. The van der Waals surface area contributed by atoms with Crippen LogP contribution >= 0.6 is 0 Å². The molecule has 0 N–H and O–H groups in total. The fourth-order valence-corrected chi connectivity index (χ4v) is 3.08. The first-order valence-electron chi connectivity index (χ1n) is 7.69. The molecule has 1 aromatic carbocycles. The van der Waals surface area contributed by atoms with E-state index in [0.717, 1.165) is 11.1 Å². The molecule has 124 valence electrons. The van der Waals surface area contributed by atoms with Gasteiger partial charge < -0.3 is 9.64 Å². The van der Waals surface area contributed by atoms with Gasteiger partial charge in [0.05, 0.1) is 11.0 Å². The molecule has 6 nitrogen and oxygen atoms in total. The Morgan fingerprint density at radius 1 is 1.33 bits per heavy atom. The van der Waals surface area contributed by atoms with Gasteiger partial charge in [-0.25, -0.2) is 0 Å². The summed E-state index contributed by atoms with van der Waals surface area (Å²) in [7, 11) is 0. The number of amides is 1. The lowest BCUT2D eigenvalue weighted by molar-refractivity contribution is -0.420. The van der Waals surface area contributed by atoms with Gasteiger partial charge in [0.1, 0.15) is 18.4 Å². The smallest absolute Gasteiger partial charge is 0.269 e. The average Bonchev–Trinajstić information content (AvgIpc) is 2.91. The molecule has 0 saturated carbocycles. The zero-order valence-electron chi connectivity index (χ0n) is 13.5. The Balaban J connectivity index is 1.90. The normalized spacial score (nSPS) is 22.2. The standard InChI is InChI=1S/C18H18N2O4/c1-12-10-19(13(2)21)18-16(12)8-15(20(22)23)9-17(18)24-11-14-6-4-3-5-7-14/h3-10,16,18H,11H2,1-2H3/t16-,18+/m0/s1. The van der Waals surface area contributed by atoms with Gasteiger partial charge >= 0.3 is 0 Å². The first-order valence-corrected chi connectivity index (χ1v) is 7.69. The molecular formula is C18H18N2O4. The van der Waals surface area contributed by atoms with Crippen LogP contribution in [0.5, 0.6) is 0 Å². The third-order valence-electron chi connectivity index (χ3n) is 4.26. The maximum Gasteiger partial charge on any atom is 0.269 e. The van der Waals surface area contributed by atoms with Crippen LogP contribution in [-0.2, 0) is 16.1 Å². The first kappa shape index (κ1) is 16.0. The van der Waals surface area contributed by atoms with Crippen molar-refractivity contribution in [2.24, 2.45) is 5.92 Å². The highest BCUT2D eigenvalue weighted by Gasteiger charge is 2.42. The second-order valence-corrected chi connectivity index (χ2v) is 5.94. The average molecular weight is 326 g/mol. The van der Waals surface area contributed by atoms with Crippen molar-refractivity contribution in [1.82, 2.24) is 4.90 Å². The van der Waals surface area contributed by atoms with E-state index >= 15 is 0 Å². The fraction of sp³-hybridized carbons (Fsp3) is 0.278. The lowest BCUT2D eigenvalue weighted by Gasteiger charge is -2.30. The number of benzene rings is 1. The molecule has 1 heterocycles. The molecule has 0 saturated heterocycles. The quantitative estimate of drug-likeness (QED) is 0.630. The van der Waals surface area contributed by atoms with E-state index in [1.165, 1.54) is 13.0 Å². The monoisotopic (exact) mass is 326 g/mol.